The number of rotatable bonds is 6. The lowest BCUT2D eigenvalue weighted by molar-refractivity contribution is -0.109. The molecule has 2 rings (SSSR count). The van der Waals surface area contributed by atoms with Gasteiger partial charge in [-0.1, -0.05) is 63.6 Å². The van der Waals surface area contributed by atoms with E-state index < -0.39 is 0 Å². The maximum atomic E-state index is 10.1. The van der Waals surface area contributed by atoms with Gasteiger partial charge in [0.25, 0.3) is 0 Å². The first kappa shape index (κ1) is 17.9. The summed E-state index contributed by atoms with van der Waals surface area (Å²) in [5.41, 5.74) is 3.68. The summed E-state index contributed by atoms with van der Waals surface area (Å²) in [5, 5.41) is 2.61. The number of aryl methyl sites for hydroxylation is 1. The summed E-state index contributed by atoms with van der Waals surface area (Å²) in [5.74, 6) is 0.476. The fourth-order valence-corrected chi connectivity index (χ4v) is 2.01. The Hall–Kier alpha value is -2.16. The van der Waals surface area contributed by atoms with Gasteiger partial charge in [0.15, 0.2) is 0 Å². The van der Waals surface area contributed by atoms with Crippen LogP contribution in [0.25, 0.3) is 0 Å². The zero-order valence-electron chi connectivity index (χ0n) is 13.8. The highest BCUT2D eigenvalue weighted by Gasteiger charge is 2.00. The second kappa shape index (κ2) is 10.6. The molecule has 0 fully saturated rings. The summed E-state index contributed by atoms with van der Waals surface area (Å²) in [7, 11) is 0. The first-order valence-electron chi connectivity index (χ1n) is 7.82. The molecule has 0 aliphatic heterocycles. The minimum atomic E-state index is 0.476. The fraction of sp³-hybridized carbons (Fsp3) is 0.368. The summed E-state index contributed by atoms with van der Waals surface area (Å²) in [6.07, 6.45) is 6.77. The Morgan fingerprint density at radius 3 is 2.45 bits per heavy atom. The Kier molecular flexibility index (Phi) is 8.58. The number of nitrogens with one attached hydrogen (secondary N) is 1. The third kappa shape index (κ3) is 7.02. The SMILES string of the molecule is CC(C)c1cncc(CNC=O)c1.CCCc1ccccc1. The van der Waals surface area contributed by atoms with E-state index in [0.29, 0.717) is 18.9 Å². The van der Waals surface area contributed by atoms with Gasteiger partial charge < -0.3 is 5.32 Å². The largest absolute Gasteiger partial charge is 0.355 e. The summed E-state index contributed by atoms with van der Waals surface area (Å²) < 4.78 is 0. The van der Waals surface area contributed by atoms with Crippen LogP contribution in [0.1, 0.15) is 49.8 Å². The maximum absolute atomic E-state index is 10.1. The smallest absolute Gasteiger partial charge is 0.207 e. The Morgan fingerprint density at radius 2 is 1.86 bits per heavy atom. The Morgan fingerprint density at radius 1 is 1.14 bits per heavy atom. The standard InChI is InChI=1S/C10H14N2O.C9H12/c1-8(2)10-3-9(4-11-6-10)5-12-7-13;1-2-6-9-7-4-3-5-8-9/h3-4,6-8H,5H2,1-2H3,(H,12,13);3-5,7-8H,2,6H2,1H3. The molecule has 2 aromatic rings. The van der Waals surface area contributed by atoms with Crippen LogP contribution in [0.3, 0.4) is 0 Å². The van der Waals surface area contributed by atoms with Crippen molar-refractivity contribution < 1.29 is 4.79 Å². The van der Waals surface area contributed by atoms with Crippen molar-refractivity contribution in [2.24, 2.45) is 0 Å². The van der Waals surface area contributed by atoms with Gasteiger partial charge in [-0.2, -0.15) is 0 Å². The molecule has 0 bridgehead atoms. The van der Waals surface area contributed by atoms with Gasteiger partial charge in [0.2, 0.25) is 6.41 Å². The monoisotopic (exact) mass is 298 g/mol. The van der Waals surface area contributed by atoms with Crippen LogP contribution in [0.15, 0.2) is 48.8 Å². The molecule has 3 heteroatoms. The average molecular weight is 298 g/mol. The number of aromatic nitrogens is 1. The Bertz CT molecular complexity index is 538. The third-order valence-corrected chi connectivity index (χ3v) is 3.25. The summed E-state index contributed by atoms with van der Waals surface area (Å²) in [6, 6.07) is 12.6. The molecule has 1 heterocycles. The molecule has 1 amide bonds. The molecule has 118 valence electrons. The highest BCUT2D eigenvalue weighted by molar-refractivity contribution is 5.46. The number of nitrogens with zero attached hydrogens (tertiary/aromatic N) is 1. The zero-order chi connectivity index (χ0) is 16.2. The van der Waals surface area contributed by atoms with Crippen molar-refractivity contribution in [3.05, 3.63) is 65.5 Å². The van der Waals surface area contributed by atoms with Gasteiger partial charge in [-0.3, -0.25) is 9.78 Å². The van der Waals surface area contributed by atoms with Crippen LogP contribution >= 0.6 is 0 Å². The molecule has 0 unspecified atom stereocenters. The number of pyridine rings is 1. The topological polar surface area (TPSA) is 42.0 Å². The lowest BCUT2D eigenvalue weighted by Gasteiger charge is -2.06. The maximum Gasteiger partial charge on any atom is 0.207 e. The second-order valence-electron chi connectivity index (χ2n) is 5.52. The van der Waals surface area contributed by atoms with Crippen molar-refractivity contribution in [2.75, 3.05) is 0 Å². The van der Waals surface area contributed by atoms with E-state index in [-0.39, 0.29) is 0 Å². The van der Waals surface area contributed by atoms with Crippen LogP contribution in [0, 0.1) is 0 Å². The molecule has 0 aliphatic rings. The van der Waals surface area contributed by atoms with Crippen molar-refractivity contribution >= 4 is 6.41 Å². The quantitative estimate of drug-likeness (QED) is 0.816. The molecule has 3 nitrogen and oxygen atoms in total. The molecule has 22 heavy (non-hydrogen) atoms. The average Bonchev–Trinajstić information content (AvgIpc) is 2.55. The number of carbonyl (C=O) groups is 1. The molecule has 0 atom stereocenters. The van der Waals surface area contributed by atoms with Crippen LogP contribution in [0.2, 0.25) is 0 Å². The summed E-state index contributed by atoms with van der Waals surface area (Å²) >= 11 is 0. The van der Waals surface area contributed by atoms with E-state index in [1.165, 1.54) is 24.0 Å². The molecule has 0 saturated heterocycles. The van der Waals surface area contributed by atoms with Gasteiger partial charge in [-0.25, -0.2) is 0 Å². The van der Waals surface area contributed by atoms with Crippen molar-refractivity contribution in [1.29, 1.82) is 0 Å². The Balaban J connectivity index is 0.000000235. The van der Waals surface area contributed by atoms with Crippen LogP contribution < -0.4 is 5.32 Å². The molecule has 1 aromatic heterocycles. The lowest BCUT2D eigenvalue weighted by Crippen LogP contribution is -2.10. The van der Waals surface area contributed by atoms with Gasteiger partial charge in [0.05, 0.1) is 0 Å². The van der Waals surface area contributed by atoms with Gasteiger partial charge in [-0.15, -0.1) is 0 Å². The molecule has 0 saturated carbocycles. The number of benzene rings is 1. The first-order chi connectivity index (χ1) is 10.7. The third-order valence-electron chi connectivity index (χ3n) is 3.25. The van der Waals surface area contributed by atoms with Crippen molar-refractivity contribution in [3.63, 3.8) is 0 Å². The highest BCUT2D eigenvalue weighted by atomic mass is 16.1. The first-order valence-corrected chi connectivity index (χ1v) is 7.82. The van der Waals surface area contributed by atoms with Crippen LogP contribution in [-0.4, -0.2) is 11.4 Å². The normalized spacial score (nSPS) is 9.82. The van der Waals surface area contributed by atoms with E-state index >= 15 is 0 Å². The van der Waals surface area contributed by atoms with Gasteiger partial charge in [-0.05, 0) is 29.0 Å². The number of hydrogen-bond donors (Lipinski definition) is 1. The molecule has 0 radical (unpaired) electrons. The predicted molar refractivity (Wildman–Crippen MR) is 91.7 cm³/mol. The van der Waals surface area contributed by atoms with Crippen molar-refractivity contribution in [2.45, 2.75) is 46.1 Å². The molecular formula is C19H26N2O. The van der Waals surface area contributed by atoms with E-state index in [1.807, 2.05) is 6.20 Å². The van der Waals surface area contributed by atoms with E-state index in [0.717, 1.165) is 5.56 Å². The molecule has 0 spiro atoms. The molecule has 1 N–H and O–H groups in total. The lowest BCUT2D eigenvalue weighted by atomic mass is 10.0. The highest BCUT2D eigenvalue weighted by Crippen LogP contribution is 2.13. The molecule has 1 aromatic carbocycles. The fourth-order valence-electron chi connectivity index (χ4n) is 2.01. The molecule has 0 aliphatic carbocycles. The van der Waals surface area contributed by atoms with Crippen LogP contribution in [0.5, 0.6) is 0 Å². The predicted octanol–water partition coefficient (Wildman–Crippen LogP) is 4.09. The second-order valence-corrected chi connectivity index (χ2v) is 5.52. The Labute approximate surface area is 133 Å². The van der Waals surface area contributed by atoms with E-state index in [2.05, 4.69) is 67.5 Å². The van der Waals surface area contributed by atoms with Gasteiger partial charge >= 0.3 is 0 Å². The van der Waals surface area contributed by atoms with E-state index in [4.69, 9.17) is 0 Å². The zero-order valence-corrected chi connectivity index (χ0v) is 13.8. The molecular weight excluding hydrogens is 272 g/mol. The van der Waals surface area contributed by atoms with E-state index in [1.54, 1.807) is 6.20 Å². The number of carbonyl (C=O) groups excluding carboxylic acids is 1. The van der Waals surface area contributed by atoms with Crippen LogP contribution in [0.4, 0.5) is 0 Å². The summed E-state index contributed by atoms with van der Waals surface area (Å²) in [4.78, 5) is 14.2. The summed E-state index contributed by atoms with van der Waals surface area (Å²) in [6.45, 7) is 6.99. The minimum absolute atomic E-state index is 0.476. The van der Waals surface area contributed by atoms with Gasteiger partial charge in [0, 0.05) is 18.9 Å². The number of amides is 1. The van der Waals surface area contributed by atoms with Crippen molar-refractivity contribution in [3.8, 4) is 0 Å². The van der Waals surface area contributed by atoms with Crippen molar-refractivity contribution in [1.82, 2.24) is 10.3 Å². The van der Waals surface area contributed by atoms with Gasteiger partial charge in [0.1, 0.15) is 0 Å². The minimum Gasteiger partial charge on any atom is -0.355 e. The van der Waals surface area contributed by atoms with E-state index in [9.17, 15) is 4.79 Å². The number of hydrogen-bond acceptors (Lipinski definition) is 2. The van der Waals surface area contributed by atoms with Crippen LogP contribution in [-0.2, 0) is 17.8 Å².